The Kier molecular flexibility index (Phi) is 5.95. The first-order valence-corrected chi connectivity index (χ1v) is 10.6. The number of carbonyl (C=O) groups excluding carboxylic acids is 2. The average Bonchev–Trinajstić information content (AvgIpc) is 3.41. The molecule has 2 aliphatic heterocycles. The van der Waals surface area contributed by atoms with Crippen LogP contribution in [-0.4, -0.2) is 42.9 Å². The second-order valence-corrected chi connectivity index (χ2v) is 8.08. The van der Waals surface area contributed by atoms with Crippen LogP contribution in [0.4, 0.5) is 5.69 Å². The summed E-state index contributed by atoms with van der Waals surface area (Å²) in [6.45, 7) is 5.54. The third-order valence-corrected chi connectivity index (χ3v) is 5.99. The molecule has 2 aromatic rings. The zero-order valence-corrected chi connectivity index (χ0v) is 17.1. The molecule has 0 saturated carbocycles. The number of amides is 2. The molecule has 2 amide bonds. The van der Waals surface area contributed by atoms with Crippen LogP contribution in [0.1, 0.15) is 53.2 Å². The second kappa shape index (κ2) is 8.78. The number of benzene rings is 2. The predicted octanol–water partition coefficient (Wildman–Crippen LogP) is 3.69. The van der Waals surface area contributed by atoms with E-state index in [9.17, 15) is 9.59 Å². The molecule has 2 aromatic carbocycles. The number of aryl methyl sites for hydroxylation is 1. The van der Waals surface area contributed by atoms with E-state index in [0.717, 1.165) is 31.7 Å². The lowest BCUT2D eigenvalue weighted by molar-refractivity contribution is -0.117. The Morgan fingerprint density at radius 2 is 1.79 bits per heavy atom. The highest BCUT2D eigenvalue weighted by molar-refractivity contribution is 5.99. The molecule has 2 saturated heterocycles. The van der Waals surface area contributed by atoms with Gasteiger partial charge >= 0.3 is 0 Å². The highest BCUT2D eigenvalue weighted by Gasteiger charge is 2.25. The molecule has 1 unspecified atom stereocenters. The quantitative estimate of drug-likeness (QED) is 0.817. The maximum atomic E-state index is 12.9. The lowest BCUT2D eigenvalue weighted by Crippen LogP contribution is -2.36. The van der Waals surface area contributed by atoms with E-state index < -0.39 is 0 Å². The Morgan fingerprint density at radius 3 is 2.48 bits per heavy atom. The molecule has 5 nitrogen and oxygen atoms in total. The molecule has 0 bridgehead atoms. The van der Waals surface area contributed by atoms with Gasteiger partial charge in [-0.05, 0) is 63.0 Å². The van der Waals surface area contributed by atoms with Crippen LogP contribution in [-0.2, 0) is 4.79 Å². The number of hydrogen-bond acceptors (Lipinski definition) is 3. The topological polar surface area (TPSA) is 52.7 Å². The first-order chi connectivity index (χ1) is 14.1. The molecule has 0 aliphatic carbocycles. The first-order valence-electron chi connectivity index (χ1n) is 10.6. The van der Waals surface area contributed by atoms with Crippen molar-refractivity contribution >= 4 is 17.5 Å². The molecule has 1 N–H and O–H groups in total. The van der Waals surface area contributed by atoms with Crippen LogP contribution < -0.4 is 10.2 Å². The minimum Gasteiger partial charge on any atom is -0.350 e. The first kappa shape index (κ1) is 19.6. The fourth-order valence-electron chi connectivity index (χ4n) is 4.33. The van der Waals surface area contributed by atoms with Gasteiger partial charge in [-0.25, -0.2) is 0 Å². The van der Waals surface area contributed by atoms with Crippen LogP contribution in [0.2, 0.25) is 0 Å². The van der Waals surface area contributed by atoms with Crippen LogP contribution in [0.25, 0.3) is 0 Å². The van der Waals surface area contributed by atoms with Gasteiger partial charge in [0.1, 0.15) is 0 Å². The van der Waals surface area contributed by atoms with E-state index in [1.165, 1.54) is 24.0 Å². The van der Waals surface area contributed by atoms with Crippen LogP contribution in [0, 0.1) is 6.92 Å². The summed E-state index contributed by atoms with van der Waals surface area (Å²) in [7, 11) is 0. The number of nitrogens with one attached hydrogen (secondary N) is 1. The van der Waals surface area contributed by atoms with Crippen molar-refractivity contribution in [1.29, 1.82) is 0 Å². The molecular weight excluding hydrogens is 362 g/mol. The van der Waals surface area contributed by atoms with Gasteiger partial charge < -0.3 is 10.2 Å². The van der Waals surface area contributed by atoms with Gasteiger partial charge in [0.25, 0.3) is 5.91 Å². The van der Waals surface area contributed by atoms with Crippen molar-refractivity contribution in [3.63, 3.8) is 0 Å². The number of likely N-dealkylation sites (tertiary alicyclic amines) is 1. The number of carbonyl (C=O) groups is 2. The van der Waals surface area contributed by atoms with E-state index in [1.807, 2.05) is 24.3 Å². The lowest BCUT2D eigenvalue weighted by Gasteiger charge is -2.28. The normalized spacial score (nSPS) is 18.2. The summed E-state index contributed by atoms with van der Waals surface area (Å²) in [6.07, 6.45) is 3.89. The van der Waals surface area contributed by atoms with Gasteiger partial charge in [-0.2, -0.15) is 0 Å². The van der Waals surface area contributed by atoms with Gasteiger partial charge in [-0.15, -0.1) is 0 Å². The van der Waals surface area contributed by atoms with Crippen molar-refractivity contribution in [3.05, 3.63) is 65.2 Å². The highest BCUT2D eigenvalue weighted by Crippen LogP contribution is 2.26. The SMILES string of the molecule is Cc1ccc(C(CNC(=O)c2cccc(N3CCCC3=O)c2)N2CCCC2)cc1. The summed E-state index contributed by atoms with van der Waals surface area (Å²) in [5.41, 5.74) is 3.90. The lowest BCUT2D eigenvalue weighted by atomic mass is 10.0. The third-order valence-electron chi connectivity index (χ3n) is 5.99. The predicted molar refractivity (Wildman–Crippen MR) is 115 cm³/mol. The number of nitrogens with zero attached hydrogens (tertiary/aromatic N) is 2. The monoisotopic (exact) mass is 391 g/mol. The molecule has 5 heteroatoms. The molecule has 0 radical (unpaired) electrons. The van der Waals surface area contributed by atoms with Crippen LogP contribution in [0.3, 0.4) is 0 Å². The van der Waals surface area contributed by atoms with E-state index in [4.69, 9.17) is 0 Å². The zero-order valence-electron chi connectivity index (χ0n) is 17.1. The molecule has 29 heavy (non-hydrogen) atoms. The largest absolute Gasteiger partial charge is 0.350 e. The van der Waals surface area contributed by atoms with Crippen molar-refractivity contribution in [3.8, 4) is 0 Å². The fraction of sp³-hybridized carbons (Fsp3) is 0.417. The van der Waals surface area contributed by atoms with E-state index in [-0.39, 0.29) is 17.9 Å². The summed E-state index contributed by atoms with van der Waals surface area (Å²) in [4.78, 5) is 29.1. The van der Waals surface area contributed by atoms with E-state index >= 15 is 0 Å². The minimum absolute atomic E-state index is 0.0881. The maximum absolute atomic E-state index is 12.9. The molecule has 2 aliphatic rings. The standard InChI is InChI=1S/C24H29N3O2/c1-18-9-11-19(12-10-18)22(26-13-2-3-14-26)17-25-24(29)20-6-4-7-21(16-20)27-15-5-8-23(27)28/h4,6-7,9-12,16,22H,2-3,5,8,13-15,17H2,1H3,(H,25,29). The van der Waals surface area contributed by atoms with Crippen molar-refractivity contribution in [2.45, 2.75) is 38.6 Å². The minimum atomic E-state index is -0.0881. The van der Waals surface area contributed by atoms with Gasteiger partial charge in [0.05, 0.1) is 6.04 Å². The number of anilines is 1. The van der Waals surface area contributed by atoms with Gasteiger partial charge in [0.15, 0.2) is 0 Å². The summed E-state index contributed by atoms with van der Waals surface area (Å²) in [5, 5.41) is 3.13. The highest BCUT2D eigenvalue weighted by atomic mass is 16.2. The smallest absolute Gasteiger partial charge is 0.251 e. The van der Waals surface area contributed by atoms with Crippen molar-refractivity contribution in [2.75, 3.05) is 31.1 Å². The molecule has 4 rings (SSSR count). The van der Waals surface area contributed by atoms with Crippen molar-refractivity contribution in [2.24, 2.45) is 0 Å². The Hall–Kier alpha value is -2.66. The zero-order chi connectivity index (χ0) is 20.2. The van der Waals surface area contributed by atoms with Crippen LogP contribution >= 0.6 is 0 Å². The Morgan fingerprint density at radius 1 is 1.03 bits per heavy atom. The van der Waals surface area contributed by atoms with Gasteiger partial charge in [-0.1, -0.05) is 35.9 Å². The summed E-state index contributed by atoms with van der Waals surface area (Å²) in [5.74, 6) is 0.0471. The van der Waals surface area contributed by atoms with E-state index in [0.29, 0.717) is 18.5 Å². The molecule has 0 spiro atoms. The van der Waals surface area contributed by atoms with Gasteiger partial charge in [0.2, 0.25) is 5.91 Å². The third kappa shape index (κ3) is 4.51. The summed E-state index contributed by atoms with van der Waals surface area (Å²) in [6, 6.07) is 16.2. The van der Waals surface area contributed by atoms with Crippen LogP contribution in [0.5, 0.6) is 0 Å². The van der Waals surface area contributed by atoms with Crippen molar-refractivity contribution < 1.29 is 9.59 Å². The molecule has 152 valence electrons. The maximum Gasteiger partial charge on any atom is 0.251 e. The molecule has 2 fully saturated rings. The Labute approximate surface area is 172 Å². The Balaban J connectivity index is 1.46. The van der Waals surface area contributed by atoms with Gasteiger partial charge in [-0.3, -0.25) is 14.5 Å². The fourth-order valence-corrected chi connectivity index (χ4v) is 4.33. The van der Waals surface area contributed by atoms with Gasteiger partial charge in [0, 0.05) is 30.8 Å². The average molecular weight is 392 g/mol. The van der Waals surface area contributed by atoms with E-state index in [1.54, 1.807) is 4.90 Å². The van der Waals surface area contributed by atoms with Crippen LogP contribution in [0.15, 0.2) is 48.5 Å². The van der Waals surface area contributed by atoms with Crippen molar-refractivity contribution in [1.82, 2.24) is 10.2 Å². The number of hydrogen-bond donors (Lipinski definition) is 1. The summed E-state index contributed by atoms with van der Waals surface area (Å²) < 4.78 is 0. The second-order valence-electron chi connectivity index (χ2n) is 8.08. The molecule has 0 aromatic heterocycles. The molecule has 2 heterocycles. The summed E-state index contributed by atoms with van der Waals surface area (Å²) >= 11 is 0. The Bertz CT molecular complexity index is 872. The van der Waals surface area contributed by atoms with E-state index in [2.05, 4.69) is 41.4 Å². The molecular formula is C24H29N3O2. The molecule has 1 atom stereocenters. The number of rotatable bonds is 6.